The first-order chi connectivity index (χ1) is 10.8. The second kappa shape index (κ2) is 7.26. The quantitative estimate of drug-likeness (QED) is 0.311. The van der Waals surface area contributed by atoms with E-state index in [1.807, 2.05) is 0 Å². The molecule has 2 heterocycles. The van der Waals surface area contributed by atoms with Crippen LogP contribution in [0.3, 0.4) is 0 Å². The lowest BCUT2D eigenvalue weighted by Gasteiger charge is -2.44. The Labute approximate surface area is 134 Å². The number of aliphatic hydroxyl groups excluding tert-OH is 6. The fourth-order valence-corrected chi connectivity index (χ4v) is 3.07. The Hall–Kier alpha value is -0.360. The maximum atomic E-state index is 10.1. The molecule has 0 aromatic rings. The zero-order chi connectivity index (χ0) is 17.4. The van der Waals surface area contributed by atoms with E-state index in [-0.39, 0.29) is 0 Å². The molecular formula is C14H26O9. The smallest absolute Gasteiger partial charge is 0.200 e. The Morgan fingerprint density at radius 1 is 0.913 bits per heavy atom. The molecule has 2 aliphatic rings. The van der Waals surface area contributed by atoms with Crippen LogP contribution in [0.25, 0.3) is 0 Å². The molecule has 23 heavy (non-hydrogen) atoms. The highest BCUT2D eigenvalue weighted by Crippen LogP contribution is 2.40. The van der Waals surface area contributed by atoms with Gasteiger partial charge in [0.05, 0.1) is 32.0 Å². The minimum absolute atomic E-state index is 0.446. The van der Waals surface area contributed by atoms with Gasteiger partial charge in [-0.2, -0.15) is 0 Å². The molecule has 2 fully saturated rings. The Morgan fingerprint density at radius 3 is 2.00 bits per heavy atom. The molecule has 136 valence electrons. The molecule has 0 spiro atoms. The highest BCUT2D eigenvalue weighted by atomic mass is 16.8. The van der Waals surface area contributed by atoms with Gasteiger partial charge in [-0.15, -0.1) is 0 Å². The molecule has 9 atom stereocenters. The molecule has 0 saturated carbocycles. The van der Waals surface area contributed by atoms with E-state index in [0.717, 1.165) is 0 Å². The summed E-state index contributed by atoms with van der Waals surface area (Å²) in [6.07, 6.45) is -6.55. The van der Waals surface area contributed by atoms with Crippen molar-refractivity contribution in [3.8, 4) is 0 Å². The van der Waals surface area contributed by atoms with Crippen molar-refractivity contribution in [3.63, 3.8) is 0 Å². The van der Waals surface area contributed by atoms with Gasteiger partial charge in [-0.3, -0.25) is 0 Å². The number of ether oxygens (including phenoxy) is 3. The second-order valence-corrected chi connectivity index (χ2v) is 6.27. The van der Waals surface area contributed by atoms with Crippen LogP contribution in [-0.2, 0) is 14.2 Å². The molecule has 0 amide bonds. The number of hydrogen-bond acceptors (Lipinski definition) is 9. The molecule has 6 N–H and O–H groups in total. The van der Waals surface area contributed by atoms with Gasteiger partial charge in [0.25, 0.3) is 0 Å². The van der Waals surface area contributed by atoms with Crippen molar-refractivity contribution in [1.82, 2.24) is 0 Å². The first-order valence-electron chi connectivity index (χ1n) is 7.69. The fourth-order valence-electron chi connectivity index (χ4n) is 3.07. The first kappa shape index (κ1) is 19.0. The minimum Gasteiger partial charge on any atom is -0.394 e. The average Bonchev–Trinajstić information content (AvgIpc) is 2.80. The third kappa shape index (κ3) is 3.26. The van der Waals surface area contributed by atoms with Crippen molar-refractivity contribution in [3.05, 3.63) is 0 Å². The lowest BCUT2D eigenvalue weighted by molar-refractivity contribution is -0.370. The van der Waals surface area contributed by atoms with Crippen molar-refractivity contribution in [2.75, 3.05) is 19.8 Å². The largest absolute Gasteiger partial charge is 0.394 e. The summed E-state index contributed by atoms with van der Waals surface area (Å²) < 4.78 is 16.7. The van der Waals surface area contributed by atoms with Crippen LogP contribution >= 0.6 is 0 Å². The summed E-state index contributed by atoms with van der Waals surface area (Å²) in [5.74, 6) is -2.96. The zero-order valence-electron chi connectivity index (χ0n) is 13.1. The molecule has 2 rings (SSSR count). The predicted molar refractivity (Wildman–Crippen MR) is 75.0 cm³/mol. The van der Waals surface area contributed by atoms with Crippen LogP contribution in [-0.4, -0.2) is 93.1 Å². The van der Waals surface area contributed by atoms with Crippen molar-refractivity contribution in [2.45, 2.75) is 56.4 Å². The van der Waals surface area contributed by atoms with E-state index >= 15 is 0 Å². The molecule has 0 aromatic heterocycles. The van der Waals surface area contributed by atoms with Crippen molar-refractivity contribution < 1.29 is 44.8 Å². The molecule has 0 aliphatic carbocycles. The predicted octanol–water partition coefficient (Wildman–Crippen LogP) is -2.85. The lowest BCUT2D eigenvalue weighted by atomic mass is 9.91. The molecule has 9 nitrogen and oxygen atoms in total. The summed E-state index contributed by atoms with van der Waals surface area (Å²) in [7, 11) is 0. The van der Waals surface area contributed by atoms with Gasteiger partial charge in [0.2, 0.25) is 0 Å². The van der Waals surface area contributed by atoms with Crippen LogP contribution in [0, 0.1) is 11.8 Å². The van der Waals surface area contributed by atoms with Crippen LogP contribution in [0.4, 0.5) is 0 Å². The Kier molecular flexibility index (Phi) is 5.99. The molecule has 0 radical (unpaired) electrons. The second-order valence-electron chi connectivity index (χ2n) is 6.27. The summed E-state index contributed by atoms with van der Waals surface area (Å²) in [5, 5.41) is 58.1. The van der Waals surface area contributed by atoms with Gasteiger partial charge in [0.15, 0.2) is 12.1 Å². The number of hydrogen-bond donors (Lipinski definition) is 6. The van der Waals surface area contributed by atoms with Crippen LogP contribution < -0.4 is 0 Å². The van der Waals surface area contributed by atoms with Crippen LogP contribution in [0.2, 0.25) is 0 Å². The van der Waals surface area contributed by atoms with Crippen LogP contribution in [0.5, 0.6) is 0 Å². The maximum Gasteiger partial charge on any atom is 0.200 e. The highest BCUT2D eigenvalue weighted by Gasteiger charge is 2.56. The number of rotatable bonds is 5. The molecule has 2 saturated heterocycles. The third-order valence-corrected chi connectivity index (χ3v) is 4.84. The zero-order valence-corrected chi connectivity index (χ0v) is 13.1. The lowest BCUT2D eigenvalue weighted by Crippen LogP contribution is -2.58. The summed E-state index contributed by atoms with van der Waals surface area (Å²) in [4.78, 5) is 0. The summed E-state index contributed by atoms with van der Waals surface area (Å²) in [5.41, 5.74) is 0. The fraction of sp³-hybridized carbons (Fsp3) is 1.00. The van der Waals surface area contributed by atoms with Gasteiger partial charge in [0, 0.05) is 11.8 Å². The molecule has 0 bridgehead atoms. The van der Waals surface area contributed by atoms with E-state index < -0.39 is 74.3 Å². The van der Waals surface area contributed by atoms with E-state index in [2.05, 4.69) is 0 Å². The van der Waals surface area contributed by atoms with E-state index in [9.17, 15) is 30.6 Å². The Bertz CT molecular complexity index is 392. The Morgan fingerprint density at radius 2 is 1.52 bits per heavy atom. The van der Waals surface area contributed by atoms with Gasteiger partial charge >= 0.3 is 0 Å². The molecular weight excluding hydrogens is 312 g/mol. The van der Waals surface area contributed by atoms with Crippen molar-refractivity contribution >= 4 is 0 Å². The van der Waals surface area contributed by atoms with E-state index in [1.165, 1.54) is 0 Å². The van der Waals surface area contributed by atoms with Gasteiger partial charge in [-0.05, 0) is 0 Å². The Balaban J connectivity index is 2.18. The van der Waals surface area contributed by atoms with E-state index in [1.54, 1.807) is 13.8 Å². The minimum atomic E-state index is -1.62. The SMILES string of the molecule is C[C@H]1[C@@H](O[C@]2(CO)O[C@H](CO)[C@@H](O)[C@@H]2C)O[C@H](CO)[C@@H](O)[C@@H]1O. The monoisotopic (exact) mass is 338 g/mol. The van der Waals surface area contributed by atoms with Gasteiger partial charge in [-0.25, -0.2) is 0 Å². The normalized spacial score (nSPS) is 51.1. The third-order valence-electron chi connectivity index (χ3n) is 4.84. The van der Waals surface area contributed by atoms with Crippen LogP contribution in [0.15, 0.2) is 0 Å². The summed E-state index contributed by atoms with van der Waals surface area (Å²) in [6, 6.07) is 0. The maximum absolute atomic E-state index is 10.1. The highest BCUT2D eigenvalue weighted by molar-refractivity contribution is 4.95. The first-order valence-corrected chi connectivity index (χ1v) is 7.69. The molecule has 9 heteroatoms. The van der Waals surface area contributed by atoms with Gasteiger partial charge < -0.3 is 44.8 Å². The number of aliphatic hydroxyl groups is 6. The molecule has 0 unspecified atom stereocenters. The molecule has 0 aromatic carbocycles. The van der Waals surface area contributed by atoms with Gasteiger partial charge in [0.1, 0.15) is 18.3 Å². The van der Waals surface area contributed by atoms with Crippen LogP contribution in [0.1, 0.15) is 13.8 Å². The standard InChI is InChI=1S/C14H26O9/c1-6-10(18)12(20)8(3-15)21-13(6)23-14(5-17)7(2)11(19)9(4-16)22-14/h6-13,15-20H,3-5H2,1-2H3/t6-,7+,8-,9-,10-,11+,12-,13-,14+/m1/s1. The molecule has 2 aliphatic heterocycles. The average molecular weight is 338 g/mol. The van der Waals surface area contributed by atoms with E-state index in [0.29, 0.717) is 0 Å². The topological polar surface area (TPSA) is 149 Å². The van der Waals surface area contributed by atoms with Crippen molar-refractivity contribution in [1.29, 1.82) is 0 Å². The summed E-state index contributed by atoms with van der Waals surface area (Å²) >= 11 is 0. The van der Waals surface area contributed by atoms with Gasteiger partial charge in [-0.1, -0.05) is 13.8 Å². The van der Waals surface area contributed by atoms with E-state index in [4.69, 9.17) is 14.2 Å². The summed E-state index contributed by atoms with van der Waals surface area (Å²) in [6.45, 7) is 1.61. The van der Waals surface area contributed by atoms with Crippen molar-refractivity contribution in [2.24, 2.45) is 11.8 Å².